The zero-order chi connectivity index (χ0) is 14.5. The summed E-state index contributed by atoms with van der Waals surface area (Å²) in [6, 6.07) is 2.07. The molecule has 1 saturated carbocycles. The number of aryl methyl sites for hydroxylation is 2. The van der Waals surface area contributed by atoms with E-state index in [1.165, 1.54) is 32.1 Å². The number of methoxy groups -OCH3 is 1. The molecular weight excluding hydrogens is 252 g/mol. The van der Waals surface area contributed by atoms with Gasteiger partial charge in [0.25, 0.3) is 0 Å². The minimum Gasteiger partial charge on any atom is -0.390 e. The Labute approximate surface area is 122 Å². The average molecular weight is 280 g/mol. The summed E-state index contributed by atoms with van der Waals surface area (Å²) >= 11 is 0. The van der Waals surface area contributed by atoms with Gasteiger partial charge in [-0.1, -0.05) is 19.3 Å². The van der Waals surface area contributed by atoms with Crippen molar-refractivity contribution in [1.29, 1.82) is 0 Å². The SMILES string of the molecule is CCn1nc(C)cc1CC(O)C(OC)C1CCCCC1. The first kappa shape index (κ1) is 15.5. The molecule has 2 rings (SSSR count). The van der Waals surface area contributed by atoms with E-state index in [-0.39, 0.29) is 6.10 Å². The van der Waals surface area contributed by atoms with Gasteiger partial charge in [0.2, 0.25) is 0 Å². The molecule has 1 fully saturated rings. The van der Waals surface area contributed by atoms with Gasteiger partial charge in [-0.3, -0.25) is 4.68 Å². The van der Waals surface area contributed by atoms with E-state index in [2.05, 4.69) is 18.1 Å². The Morgan fingerprint density at radius 3 is 2.70 bits per heavy atom. The molecule has 1 aliphatic carbocycles. The van der Waals surface area contributed by atoms with Crippen molar-refractivity contribution in [3.05, 3.63) is 17.5 Å². The number of aromatic nitrogens is 2. The molecule has 114 valence electrons. The molecule has 0 amide bonds. The van der Waals surface area contributed by atoms with Crippen LogP contribution in [0.4, 0.5) is 0 Å². The molecule has 0 radical (unpaired) electrons. The molecular formula is C16H28N2O2. The maximum Gasteiger partial charge on any atom is 0.0862 e. The van der Waals surface area contributed by atoms with Crippen LogP contribution in [0.5, 0.6) is 0 Å². The largest absolute Gasteiger partial charge is 0.390 e. The van der Waals surface area contributed by atoms with Crippen molar-refractivity contribution in [3.8, 4) is 0 Å². The zero-order valence-electron chi connectivity index (χ0n) is 13.0. The summed E-state index contributed by atoms with van der Waals surface area (Å²) in [7, 11) is 1.73. The third kappa shape index (κ3) is 3.61. The van der Waals surface area contributed by atoms with Crippen molar-refractivity contribution < 1.29 is 9.84 Å². The van der Waals surface area contributed by atoms with Gasteiger partial charge < -0.3 is 9.84 Å². The summed E-state index contributed by atoms with van der Waals surface area (Å²) < 4.78 is 7.60. The van der Waals surface area contributed by atoms with Crippen molar-refractivity contribution in [2.45, 2.75) is 71.1 Å². The molecule has 20 heavy (non-hydrogen) atoms. The molecule has 1 aromatic rings. The molecule has 0 aliphatic heterocycles. The van der Waals surface area contributed by atoms with Gasteiger partial charge in [-0.2, -0.15) is 5.10 Å². The lowest BCUT2D eigenvalue weighted by Crippen LogP contribution is -2.38. The van der Waals surface area contributed by atoms with Crippen molar-refractivity contribution in [2.24, 2.45) is 5.92 Å². The highest BCUT2D eigenvalue weighted by molar-refractivity contribution is 5.10. The van der Waals surface area contributed by atoms with Gasteiger partial charge in [0, 0.05) is 25.8 Å². The van der Waals surface area contributed by atoms with Crippen LogP contribution in [0.15, 0.2) is 6.07 Å². The van der Waals surface area contributed by atoms with Crippen molar-refractivity contribution in [2.75, 3.05) is 7.11 Å². The number of rotatable bonds is 6. The summed E-state index contributed by atoms with van der Waals surface area (Å²) in [5, 5.41) is 15.0. The highest BCUT2D eigenvalue weighted by Gasteiger charge is 2.30. The molecule has 1 heterocycles. The van der Waals surface area contributed by atoms with Crippen LogP contribution < -0.4 is 0 Å². The third-order valence-corrected chi connectivity index (χ3v) is 4.47. The molecule has 1 N–H and O–H groups in total. The van der Waals surface area contributed by atoms with E-state index in [9.17, 15) is 5.11 Å². The fraction of sp³-hybridized carbons (Fsp3) is 0.812. The lowest BCUT2D eigenvalue weighted by molar-refractivity contribution is -0.0542. The Balaban J connectivity index is 2.02. The minimum absolute atomic E-state index is 0.0455. The number of nitrogens with zero attached hydrogens (tertiary/aromatic N) is 2. The van der Waals surface area contributed by atoms with Crippen molar-refractivity contribution >= 4 is 0 Å². The van der Waals surface area contributed by atoms with Gasteiger partial charge >= 0.3 is 0 Å². The van der Waals surface area contributed by atoms with E-state index in [0.717, 1.165) is 17.9 Å². The smallest absolute Gasteiger partial charge is 0.0862 e. The summed E-state index contributed by atoms with van der Waals surface area (Å²) in [4.78, 5) is 0. The Kier molecular flexibility index (Phi) is 5.61. The maximum absolute atomic E-state index is 10.6. The summed E-state index contributed by atoms with van der Waals surface area (Å²) in [5.41, 5.74) is 2.12. The molecule has 1 aromatic heterocycles. The Hall–Kier alpha value is -0.870. The lowest BCUT2D eigenvalue weighted by Gasteiger charge is -2.32. The Bertz CT molecular complexity index is 411. The first-order valence-corrected chi connectivity index (χ1v) is 7.90. The third-order valence-electron chi connectivity index (χ3n) is 4.47. The second-order valence-corrected chi connectivity index (χ2v) is 5.96. The zero-order valence-corrected chi connectivity index (χ0v) is 13.0. The van der Waals surface area contributed by atoms with Crippen LogP contribution in [0.25, 0.3) is 0 Å². The molecule has 0 spiro atoms. The normalized spacial score (nSPS) is 20.0. The standard InChI is InChI=1S/C16H28N2O2/c1-4-18-14(10-12(2)17-18)11-15(19)16(20-3)13-8-6-5-7-9-13/h10,13,15-16,19H,4-9,11H2,1-3H3. The summed E-state index contributed by atoms with van der Waals surface area (Å²) in [6.07, 6.45) is 6.37. The molecule has 2 unspecified atom stereocenters. The van der Waals surface area contributed by atoms with Crippen LogP contribution in [0.3, 0.4) is 0 Å². The van der Waals surface area contributed by atoms with Crippen molar-refractivity contribution in [1.82, 2.24) is 9.78 Å². The highest BCUT2D eigenvalue weighted by atomic mass is 16.5. The number of ether oxygens (including phenoxy) is 1. The first-order valence-electron chi connectivity index (χ1n) is 7.90. The van der Waals surface area contributed by atoms with E-state index >= 15 is 0 Å². The van der Waals surface area contributed by atoms with Gasteiger partial charge in [0.1, 0.15) is 0 Å². The van der Waals surface area contributed by atoms with E-state index in [0.29, 0.717) is 12.3 Å². The van der Waals surface area contributed by atoms with Gasteiger partial charge in [0.15, 0.2) is 0 Å². The molecule has 1 aliphatic rings. The van der Waals surface area contributed by atoms with Crippen LogP contribution >= 0.6 is 0 Å². The van der Waals surface area contributed by atoms with Crippen LogP contribution in [0.2, 0.25) is 0 Å². The van der Waals surface area contributed by atoms with Gasteiger partial charge in [-0.05, 0) is 38.7 Å². The number of aliphatic hydroxyl groups is 1. The number of hydrogen-bond donors (Lipinski definition) is 1. The maximum atomic E-state index is 10.6. The van der Waals surface area contributed by atoms with Crippen LogP contribution in [0.1, 0.15) is 50.4 Å². The molecule has 0 bridgehead atoms. The van der Waals surface area contributed by atoms with Gasteiger partial charge in [0.05, 0.1) is 17.9 Å². The monoisotopic (exact) mass is 280 g/mol. The fourth-order valence-electron chi connectivity index (χ4n) is 3.49. The second-order valence-electron chi connectivity index (χ2n) is 5.96. The lowest BCUT2D eigenvalue weighted by atomic mass is 9.82. The van der Waals surface area contributed by atoms with Crippen LogP contribution in [-0.4, -0.2) is 34.2 Å². The van der Waals surface area contributed by atoms with E-state index in [1.807, 2.05) is 11.6 Å². The minimum atomic E-state index is -0.440. The van der Waals surface area contributed by atoms with E-state index in [1.54, 1.807) is 7.11 Å². The molecule has 2 atom stereocenters. The summed E-state index contributed by atoms with van der Waals surface area (Å²) in [6.45, 7) is 4.92. The number of hydrogen-bond acceptors (Lipinski definition) is 3. The Morgan fingerprint density at radius 1 is 1.40 bits per heavy atom. The molecule has 0 saturated heterocycles. The molecule has 4 heteroatoms. The van der Waals surface area contributed by atoms with Gasteiger partial charge in [-0.15, -0.1) is 0 Å². The van der Waals surface area contributed by atoms with E-state index < -0.39 is 6.10 Å². The van der Waals surface area contributed by atoms with Crippen LogP contribution in [0, 0.1) is 12.8 Å². The second kappa shape index (κ2) is 7.23. The summed E-state index contributed by atoms with van der Waals surface area (Å²) in [5.74, 6) is 0.503. The molecule has 0 aromatic carbocycles. The Morgan fingerprint density at radius 2 is 2.10 bits per heavy atom. The predicted molar refractivity (Wildman–Crippen MR) is 79.7 cm³/mol. The predicted octanol–water partition coefficient (Wildman–Crippen LogP) is 2.71. The molecule has 4 nitrogen and oxygen atoms in total. The highest BCUT2D eigenvalue weighted by Crippen LogP contribution is 2.30. The number of aliphatic hydroxyl groups excluding tert-OH is 1. The average Bonchev–Trinajstić information content (AvgIpc) is 2.80. The van der Waals surface area contributed by atoms with Crippen molar-refractivity contribution in [3.63, 3.8) is 0 Å². The fourth-order valence-corrected chi connectivity index (χ4v) is 3.49. The quantitative estimate of drug-likeness (QED) is 0.871. The topological polar surface area (TPSA) is 47.3 Å². The first-order chi connectivity index (χ1) is 9.65. The van der Waals surface area contributed by atoms with E-state index in [4.69, 9.17) is 4.74 Å². The van der Waals surface area contributed by atoms with Gasteiger partial charge in [-0.25, -0.2) is 0 Å². The van der Waals surface area contributed by atoms with Crippen LogP contribution in [-0.2, 0) is 17.7 Å².